The summed E-state index contributed by atoms with van der Waals surface area (Å²) in [7, 11) is 0. The van der Waals surface area contributed by atoms with Crippen LogP contribution in [0, 0.1) is 12.7 Å². The monoisotopic (exact) mass is 415 g/mol. The second-order valence-electron chi connectivity index (χ2n) is 7.12. The van der Waals surface area contributed by atoms with E-state index in [9.17, 15) is 9.18 Å². The molecule has 5 nitrogen and oxygen atoms in total. The van der Waals surface area contributed by atoms with Gasteiger partial charge in [-0.15, -0.1) is 0 Å². The predicted octanol–water partition coefficient (Wildman–Crippen LogP) is 6.39. The van der Waals surface area contributed by atoms with Gasteiger partial charge in [0.1, 0.15) is 11.6 Å². The number of nitrogens with zero attached hydrogens (tertiary/aromatic N) is 1. The molecule has 0 atom stereocenters. The Morgan fingerprint density at radius 3 is 2.32 bits per heavy atom. The van der Waals surface area contributed by atoms with E-state index in [1.807, 2.05) is 56.3 Å². The van der Waals surface area contributed by atoms with E-state index in [1.165, 1.54) is 29.8 Å². The molecular weight excluding hydrogens is 393 g/mol. The number of fused-ring (bicyclic) bond motifs is 1. The highest BCUT2D eigenvalue weighted by molar-refractivity contribution is 6.01. The molecule has 1 heterocycles. The molecule has 4 rings (SSSR count). The van der Waals surface area contributed by atoms with Crippen LogP contribution in [0.4, 0.5) is 20.6 Å². The van der Waals surface area contributed by atoms with Gasteiger partial charge in [-0.05, 0) is 56.3 Å². The smallest absolute Gasteiger partial charge is 0.323 e. The number of ether oxygens (including phenoxy) is 1. The van der Waals surface area contributed by atoms with Crippen LogP contribution in [0.3, 0.4) is 0 Å². The Balaban J connectivity index is 1.62. The van der Waals surface area contributed by atoms with Crippen molar-refractivity contribution in [1.82, 2.24) is 4.98 Å². The van der Waals surface area contributed by atoms with E-state index < -0.39 is 6.03 Å². The average molecular weight is 415 g/mol. The maximum Gasteiger partial charge on any atom is 0.323 e. The SMILES string of the molecule is CCOc1cc(-c2ccc(C)cc2)nc2ccc(NC(=O)Nc3ccc(F)cc3)cc12. The number of rotatable bonds is 5. The van der Waals surface area contributed by atoms with Crippen molar-refractivity contribution in [3.05, 3.63) is 84.2 Å². The van der Waals surface area contributed by atoms with Crippen LogP contribution in [-0.2, 0) is 0 Å². The molecule has 2 amide bonds. The Labute approximate surface area is 179 Å². The first-order valence-corrected chi connectivity index (χ1v) is 10.00. The number of halogens is 1. The van der Waals surface area contributed by atoms with Crippen LogP contribution < -0.4 is 15.4 Å². The predicted molar refractivity (Wildman–Crippen MR) is 122 cm³/mol. The highest BCUT2D eigenvalue weighted by Gasteiger charge is 2.11. The van der Waals surface area contributed by atoms with E-state index in [1.54, 1.807) is 6.07 Å². The lowest BCUT2D eigenvalue weighted by atomic mass is 10.1. The average Bonchev–Trinajstić information content (AvgIpc) is 2.76. The van der Waals surface area contributed by atoms with Gasteiger partial charge in [0.05, 0.1) is 17.8 Å². The topological polar surface area (TPSA) is 63.2 Å². The number of benzene rings is 3. The number of hydrogen-bond acceptors (Lipinski definition) is 3. The van der Waals surface area contributed by atoms with Gasteiger partial charge in [0.2, 0.25) is 0 Å². The Morgan fingerprint density at radius 1 is 0.935 bits per heavy atom. The third kappa shape index (κ3) is 4.80. The van der Waals surface area contributed by atoms with Crippen LogP contribution in [0.25, 0.3) is 22.2 Å². The molecule has 156 valence electrons. The molecule has 0 fully saturated rings. The van der Waals surface area contributed by atoms with Crippen LogP contribution in [0.1, 0.15) is 12.5 Å². The number of aromatic nitrogens is 1. The number of amides is 2. The lowest BCUT2D eigenvalue weighted by Crippen LogP contribution is -2.19. The summed E-state index contributed by atoms with van der Waals surface area (Å²) < 4.78 is 18.9. The molecular formula is C25H22FN3O2. The Kier molecular flexibility index (Phi) is 5.80. The van der Waals surface area contributed by atoms with E-state index in [2.05, 4.69) is 10.6 Å². The molecule has 0 aliphatic carbocycles. The zero-order valence-corrected chi connectivity index (χ0v) is 17.3. The standard InChI is InChI=1S/C25H22FN3O2/c1-3-31-24-15-23(17-6-4-16(2)5-7-17)29-22-13-12-20(14-21(22)24)28-25(30)27-19-10-8-18(26)9-11-19/h4-15H,3H2,1-2H3,(H2,27,28,30). The molecule has 3 aromatic carbocycles. The lowest BCUT2D eigenvalue weighted by molar-refractivity contribution is 0.262. The van der Waals surface area contributed by atoms with Gasteiger partial charge in [0.25, 0.3) is 0 Å². The van der Waals surface area contributed by atoms with Crippen LogP contribution >= 0.6 is 0 Å². The molecule has 2 N–H and O–H groups in total. The van der Waals surface area contributed by atoms with Crippen molar-refractivity contribution in [3.8, 4) is 17.0 Å². The summed E-state index contributed by atoms with van der Waals surface area (Å²) in [4.78, 5) is 17.1. The van der Waals surface area contributed by atoms with Crippen molar-refractivity contribution in [2.24, 2.45) is 0 Å². The third-order valence-corrected chi connectivity index (χ3v) is 4.78. The Hall–Kier alpha value is -3.93. The molecule has 1 aromatic heterocycles. The first-order chi connectivity index (χ1) is 15.0. The Bertz CT molecular complexity index is 1220. The quantitative estimate of drug-likeness (QED) is 0.397. The molecule has 0 bridgehead atoms. The van der Waals surface area contributed by atoms with Crippen molar-refractivity contribution in [2.75, 3.05) is 17.2 Å². The van der Waals surface area contributed by atoms with Gasteiger partial charge in [0.15, 0.2) is 0 Å². The molecule has 0 aliphatic rings. The van der Waals surface area contributed by atoms with E-state index in [0.29, 0.717) is 23.7 Å². The second kappa shape index (κ2) is 8.83. The van der Waals surface area contributed by atoms with Crippen LogP contribution in [-0.4, -0.2) is 17.6 Å². The van der Waals surface area contributed by atoms with E-state index in [0.717, 1.165) is 22.2 Å². The van der Waals surface area contributed by atoms with Gasteiger partial charge >= 0.3 is 6.03 Å². The molecule has 0 spiro atoms. The number of aryl methyl sites for hydroxylation is 1. The summed E-state index contributed by atoms with van der Waals surface area (Å²) >= 11 is 0. The number of pyridine rings is 1. The maximum atomic E-state index is 13.0. The molecule has 4 aromatic rings. The minimum atomic E-state index is -0.423. The molecule has 0 unspecified atom stereocenters. The van der Waals surface area contributed by atoms with Gasteiger partial charge in [0, 0.05) is 28.4 Å². The highest BCUT2D eigenvalue weighted by Crippen LogP contribution is 2.32. The Morgan fingerprint density at radius 2 is 1.61 bits per heavy atom. The van der Waals surface area contributed by atoms with Gasteiger partial charge in [-0.2, -0.15) is 0 Å². The molecule has 0 radical (unpaired) electrons. The number of carbonyl (C=O) groups excluding carboxylic acids is 1. The molecule has 31 heavy (non-hydrogen) atoms. The van der Waals surface area contributed by atoms with Crippen molar-refractivity contribution < 1.29 is 13.9 Å². The van der Waals surface area contributed by atoms with Crippen molar-refractivity contribution in [1.29, 1.82) is 0 Å². The lowest BCUT2D eigenvalue weighted by Gasteiger charge is -2.13. The summed E-state index contributed by atoms with van der Waals surface area (Å²) in [5.41, 5.74) is 4.88. The number of anilines is 2. The highest BCUT2D eigenvalue weighted by atomic mass is 19.1. The van der Waals surface area contributed by atoms with Crippen LogP contribution in [0.5, 0.6) is 5.75 Å². The summed E-state index contributed by atoms with van der Waals surface area (Å²) in [5, 5.41) is 6.27. The van der Waals surface area contributed by atoms with Gasteiger partial charge in [-0.1, -0.05) is 29.8 Å². The largest absolute Gasteiger partial charge is 0.493 e. The fourth-order valence-corrected chi connectivity index (χ4v) is 3.25. The zero-order chi connectivity index (χ0) is 21.8. The third-order valence-electron chi connectivity index (χ3n) is 4.78. The minimum Gasteiger partial charge on any atom is -0.493 e. The second-order valence-corrected chi connectivity index (χ2v) is 7.12. The number of urea groups is 1. The summed E-state index contributed by atoms with van der Waals surface area (Å²) in [6, 6.07) is 20.7. The number of hydrogen-bond donors (Lipinski definition) is 2. The fourth-order valence-electron chi connectivity index (χ4n) is 3.25. The van der Waals surface area contributed by atoms with Gasteiger partial charge < -0.3 is 15.4 Å². The van der Waals surface area contributed by atoms with Crippen molar-refractivity contribution >= 4 is 28.3 Å². The van der Waals surface area contributed by atoms with E-state index in [4.69, 9.17) is 9.72 Å². The fraction of sp³-hybridized carbons (Fsp3) is 0.120. The molecule has 0 saturated heterocycles. The molecule has 0 saturated carbocycles. The van der Waals surface area contributed by atoms with Crippen LogP contribution in [0.2, 0.25) is 0 Å². The van der Waals surface area contributed by atoms with Gasteiger partial charge in [-0.25, -0.2) is 14.2 Å². The molecule has 6 heteroatoms. The van der Waals surface area contributed by atoms with Crippen molar-refractivity contribution in [2.45, 2.75) is 13.8 Å². The van der Waals surface area contributed by atoms with Crippen LogP contribution in [0.15, 0.2) is 72.8 Å². The number of nitrogens with one attached hydrogen (secondary N) is 2. The van der Waals surface area contributed by atoms with Crippen molar-refractivity contribution in [3.63, 3.8) is 0 Å². The van der Waals surface area contributed by atoms with E-state index in [-0.39, 0.29) is 5.82 Å². The van der Waals surface area contributed by atoms with Gasteiger partial charge in [-0.3, -0.25) is 0 Å². The first-order valence-electron chi connectivity index (χ1n) is 10.00. The first kappa shape index (κ1) is 20.3. The summed E-state index contributed by atoms with van der Waals surface area (Å²) in [6.07, 6.45) is 0. The number of carbonyl (C=O) groups is 1. The molecule has 0 aliphatic heterocycles. The summed E-state index contributed by atoms with van der Waals surface area (Å²) in [6.45, 7) is 4.48. The zero-order valence-electron chi connectivity index (χ0n) is 17.3. The maximum absolute atomic E-state index is 13.0. The minimum absolute atomic E-state index is 0.360. The normalized spacial score (nSPS) is 10.7. The summed E-state index contributed by atoms with van der Waals surface area (Å²) in [5.74, 6) is 0.340. The van der Waals surface area contributed by atoms with E-state index >= 15 is 0 Å².